The minimum atomic E-state index is -0.743. The lowest BCUT2D eigenvalue weighted by molar-refractivity contribution is 0.195. The number of pyridine rings is 1. The summed E-state index contributed by atoms with van der Waals surface area (Å²) >= 11 is 1.16. The number of hydrogen-bond donors (Lipinski definition) is 1. The first kappa shape index (κ1) is 13.1. The molecular weight excluding hydrogens is 277 g/mol. The molecule has 0 aliphatic rings. The second-order valence-corrected chi connectivity index (χ2v) is 5.33. The molecule has 0 bridgehead atoms. The lowest BCUT2D eigenvalue weighted by Gasteiger charge is -2.11. The third-order valence-electron chi connectivity index (χ3n) is 2.92. The van der Waals surface area contributed by atoms with Gasteiger partial charge in [0.05, 0.1) is 11.0 Å². The van der Waals surface area contributed by atoms with E-state index in [1.807, 2.05) is 24.4 Å². The zero-order valence-corrected chi connectivity index (χ0v) is 11.5. The number of aliphatic hydroxyl groups is 1. The summed E-state index contributed by atoms with van der Waals surface area (Å²) in [6.45, 7) is 1.61. The fourth-order valence-electron chi connectivity index (χ4n) is 1.94. The normalized spacial score (nSPS) is 12.8. The zero-order chi connectivity index (χ0) is 14.1. The summed E-state index contributed by atoms with van der Waals surface area (Å²) in [7, 11) is 0. The molecule has 2 heterocycles. The number of nitrogens with zero attached hydrogens (tertiary/aromatic N) is 3. The molecule has 1 atom stereocenters. The van der Waals surface area contributed by atoms with Crippen molar-refractivity contribution in [3.8, 4) is 0 Å². The standard InChI is InChI=1S/C14H12FN3OS/c1-9(19)10-5-4-6-11(15)13(10)20-14-17-16-12-7-2-3-8-18(12)14/h2-9,19H,1H3. The van der Waals surface area contributed by atoms with Crippen LogP contribution >= 0.6 is 11.8 Å². The summed E-state index contributed by atoms with van der Waals surface area (Å²) in [5.41, 5.74) is 1.24. The van der Waals surface area contributed by atoms with Gasteiger partial charge in [0.15, 0.2) is 5.65 Å². The molecule has 6 heteroatoms. The molecule has 1 aromatic carbocycles. The lowest BCUT2D eigenvalue weighted by Crippen LogP contribution is -1.97. The summed E-state index contributed by atoms with van der Waals surface area (Å²) in [5, 5.41) is 18.4. The molecule has 3 aromatic rings. The van der Waals surface area contributed by atoms with Gasteiger partial charge in [0.1, 0.15) is 5.82 Å². The van der Waals surface area contributed by atoms with Crippen molar-refractivity contribution >= 4 is 17.4 Å². The van der Waals surface area contributed by atoms with Crippen molar-refractivity contribution in [2.45, 2.75) is 23.1 Å². The highest BCUT2D eigenvalue weighted by molar-refractivity contribution is 7.99. The average Bonchev–Trinajstić information content (AvgIpc) is 2.84. The number of benzene rings is 1. The van der Waals surface area contributed by atoms with Crippen LogP contribution in [0, 0.1) is 5.82 Å². The van der Waals surface area contributed by atoms with Gasteiger partial charge in [0, 0.05) is 6.20 Å². The fraction of sp³-hybridized carbons (Fsp3) is 0.143. The van der Waals surface area contributed by atoms with E-state index in [2.05, 4.69) is 10.2 Å². The Morgan fingerprint density at radius 2 is 2.05 bits per heavy atom. The van der Waals surface area contributed by atoms with Crippen molar-refractivity contribution in [1.29, 1.82) is 0 Å². The van der Waals surface area contributed by atoms with Crippen LogP contribution in [0.1, 0.15) is 18.6 Å². The molecule has 0 saturated heterocycles. The molecule has 102 valence electrons. The van der Waals surface area contributed by atoms with E-state index >= 15 is 0 Å². The van der Waals surface area contributed by atoms with E-state index in [0.29, 0.717) is 21.3 Å². The van der Waals surface area contributed by atoms with E-state index in [4.69, 9.17) is 0 Å². The monoisotopic (exact) mass is 289 g/mol. The SMILES string of the molecule is CC(O)c1cccc(F)c1Sc1nnc2ccccn12. The van der Waals surface area contributed by atoms with Gasteiger partial charge in [0.2, 0.25) is 5.16 Å². The van der Waals surface area contributed by atoms with E-state index in [1.165, 1.54) is 6.07 Å². The van der Waals surface area contributed by atoms with Crippen LogP contribution in [0.4, 0.5) is 4.39 Å². The maximum atomic E-state index is 14.0. The molecule has 2 aromatic heterocycles. The summed E-state index contributed by atoms with van der Waals surface area (Å²) in [5.74, 6) is -0.374. The molecular formula is C14H12FN3OS. The smallest absolute Gasteiger partial charge is 0.200 e. The molecule has 4 nitrogen and oxygen atoms in total. The highest BCUT2D eigenvalue weighted by Crippen LogP contribution is 2.34. The molecule has 0 aliphatic carbocycles. The fourth-order valence-corrected chi connectivity index (χ4v) is 2.98. The lowest BCUT2D eigenvalue weighted by atomic mass is 10.1. The molecule has 3 rings (SSSR count). The van der Waals surface area contributed by atoms with E-state index in [-0.39, 0.29) is 5.82 Å². The highest BCUT2D eigenvalue weighted by atomic mass is 32.2. The molecule has 0 saturated carbocycles. The van der Waals surface area contributed by atoms with Crippen LogP contribution in [0.15, 0.2) is 52.6 Å². The van der Waals surface area contributed by atoms with Crippen LogP contribution in [0.2, 0.25) is 0 Å². The molecule has 0 aliphatic heterocycles. The quantitative estimate of drug-likeness (QED) is 0.805. The van der Waals surface area contributed by atoms with Gasteiger partial charge in [-0.15, -0.1) is 10.2 Å². The molecule has 1 unspecified atom stereocenters. The van der Waals surface area contributed by atoms with Crippen LogP contribution in [-0.2, 0) is 0 Å². The van der Waals surface area contributed by atoms with Crippen LogP contribution in [0.3, 0.4) is 0 Å². The average molecular weight is 289 g/mol. The Morgan fingerprint density at radius 3 is 2.85 bits per heavy atom. The second-order valence-electron chi connectivity index (χ2n) is 4.35. The van der Waals surface area contributed by atoms with Crippen molar-refractivity contribution in [3.05, 3.63) is 54.0 Å². The van der Waals surface area contributed by atoms with E-state index < -0.39 is 6.10 Å². The van der Waals surface area contributed by atoms with Gasteiger partial charge < -0.3 is 5.11 Å². The molecule has 1 N–H and O–H groups in total. The first-order valence-electron chi connectivity index (χ1n) is 6.11. The zero-order valence-electron chi connectivity index (χ0n) is 10.7. The van der Waals surface area contributed by atoms with Gasteiger partial charge in [-0.25, -0.2) is 4.39 Å². The van der Waals surface area contributed by atoms with Crippen LogP contribution in [0.25, 0.3) is 5.65 Å². The van der Waals surface area contributed by atoms with Gasteiger partial charge in [-0.2, -0.15) is 0 Å². The minimum Gasteiger partial charge on any atom is -0.389 e. The van der Waals surface area contributed by atoms with E-state index in [1.54, 1.807) is 23.5 Å². The Labute approximate surface area is 119 Å². The third-order valence-corrected chi connectivity index (χ3v) is 4.02. The Kier molecular flexibility index (Phi) is 3.42. The molecule has 0 fully saturated rings. The van der Waals surface area contributed by atoms with Crippen molar-refractivity contribution in [3.63, 3.8) is 0 Å². The predicted molar refractivity (Wildman–Crippen MR) is 74.1 cm³/mol. The third kappa shape index (κ3) is 2.28. The van der Waals surface area contributed by atoms with Gasteiger partial charge in [-0.1, -0.05) is 18.2 Å². The van der Waals surface area contributed by atoms with E-state index in [9.17, 15) is 9.50 Å². The first-order valence-corrected chi connectivity index (χ1v) is 6.92. The first-order chi connectivity index (χ1) is 9.66. The number of aliphatic hydroxyl groups excluding tert-OH is 1. The summed E-state index contributed by atoms with van der Waals surface area (Å²) in [4.78, 5) is 0.376. The number of aromatic nitrogens is 3. The number of hydrogen-bond acceptors (Lipinski definition) is 4. The Bertz CT molecular complexity index is 757. The van der Waals surface area contributed by atoms with Crippen LogP contribution in [-0.4, -0.2) is 19.7 Å². The topological polar surface area (TPSA) is 50.4 Å². The number of halogens is 1. The molecule has 0 radical (unpaired) electrons. The summed E-state index contributed by atoms with van der Waals surface area (Å²) in [6.07, 6.45) is 1.08. The minimum absolute atomic E-state index is 0.374. The van der Waals surface area contributed by atoms with Gasteiger partial charge in [0.25, 0.3) is 0 Å². The summed E-state index contributed by atoms with van der Waals surface area (Å²) in [6, 6.07) is 10.2. The van der Waals surface area contributed by atoms with Gasteiger partial charge in [-0.05, 0) is 42.4 Å². The summed E-state index contributed by atoms with van der Waals surface area (Å²) < 4.78 is 15.8. The second kappa shape index (κ2) is 5.22. The van der Waals surface area contributed by atoms with Crippen molar-refractivity contribution in [1.82, 2.24) is 14.6 Å². The number of fused-ring (bicyclic) bond motifs is 1. The maximum Gasteiger partial charge on any atom is 0.200 e. The Hall–Kier alpha value is -1.92. The Morgan fingerprint density at radius 1 is 1.20 bits per heavy atom. The van der Waals surface area contributed by atoms with Crippen molar-refractivity contribution in [2.75, 3.05) is 0 Å². The molecule has 20 heavy (non-hydrogen) atoms. The Balaban J connectivity index is 2.07. The molecule has 0 spiro atoms. The maximum absolute atomic E-state index is 14.0. The number of rotatable bonds is 3. The van der Waals surface area contributed by atoms with Crippen LogP contribution in [0.5, 0.6) is 0 Å². The van der Waals surface area contributed by atoms with Crippen molar-refractivity contribution < 1.29 is 9.50 Å². The van der Waals surface area contributed by atoms with Gasteiger partial charge in [-0.3, -0.25) is 4.40 Å². The van der Waals surface area contributed by atoms with Crippen molar-refractivity contribution in [2.24, 2.45) is 0 Å². The largest absolute Gasteiger partial charge is 0.389 e. The van der Waals surface area contributed by atoms with Crippen LogP contribution < -0.4 is 0 Å². The van der Waals surface area contributed by atoms with Gasteiger partial charge >= 0.3 is 0 Å². The predicted octanol–water partition coefficient (Wildman–Crippen LogP) is 3.07. The van der Waals surface area contributed by atoms with E-state index in [0.717, 1.165) is 11.8 Å². The molecule has 0 amide bonds. The highest BCUT2D eigenvalue weighted by Gasteiger charge is 2.16.